The number of aromatic nitrogens is 2. The number of nitrogen functional groups attached to an aromatic ring is 1. The van der Waals surface area contributed by atoms with Crippen molar-refractivity contribution in [1.82, 2.24) is 9.97 Å². The fourth-order valence-corrected chi connectivity index (χ4v) is 3.18. The molecule has 0 aliphatic rings. The number of alkyl halides is 3. The molecule has 13 heteroatoms. The lowest BCUT2D eigenvalue weighted by molar-refractivity contribution is 0.0585. The second-order valence-corrected chi connectivity index (χ2v) is 10.7. The molecule has 0 fully saturated rings. The van der Waals surface area contributed by atoms with Crippen molar-refractivity contribution in [2.75, 3.05) is 33.2 Å². The average Bonchev–Trinajstić information content (AvgIpc) is 2.84. The van der Waals surface area contributed by atoms with Crippen LogP contribution in [0.25, 0.3) is 21.8 Å². The van der Waals surface area contributed by atoms with E-state index in [1.54, 1.807) is 6.07 Å². The van der Waals surface area contributed by atoms with E-state index in [4.69, 9.17) is 59.5 Å². The molecule has 0 amide bonds. The number of halogens is 3. The number of fused-ring (bicyclic) bond motifs is 2. The summed E-state index contributed by atoms with van der Waals surface area (Å²) in [7, 11) is 2.55. The zero-order valence-electron chi connectivity index (χ0n) is 21.9. The molecule has 1 aromatic carbocycles. The predicted octanol–water partition coefficient (Wildman–Crippen LogP) is 5.17. The number of carbonyl (C=O) groups excluding carboxylic acids is 2. The minimum Gasteiger partial charge on any atom is -0.493 e. The van der Waals surface area contributed by atoms with Crippen molar-refractivity contribution in [3.8, 4) is 11.5 Å². The zero-order chi connectivity index (χ0) is 27.9. The largest absolute Gasteiger partial charge is 0.493 e. The third kappa shape index (κ3) is 8.62. The second kappa shape index (κ2) is 15.0. The summed E-state index contributed by atoms with van der Waals surface area (Å²) in [5.41, 5.74) is 7.40. The van der Waals surface area contributed by atoms with Crippen LogP contribution in [0.1, 0.15) is 48.7 Å². The van der Waals surface area contributed by atoms with Crippen molar-refractivity contribution in [1.29, 1.82) is 0 Å². The Bertz CT molecular complexity index is 1180. The first kappa shape index (κ1) is 33.2. The molecule has 0 aliphatic carbocycles. The second-order valence-electron chi connectivity index (χ2n) is 8.73. The van der Waals surface area contributed by atoms with Crippen LogP contribution in [0.4, 0.5) is 5.69 Å². The van der Waals surface area contributed by atoms with Gasteiger partial charge in [-0.25, -0.2) is 19.6 Å². The van der Waals surface area contributed by atoms with Gasteiger partial charge in [0.05, 0.1) is 33.1 Å². The van der Waals surface area contributed by atoms with Crippen molar-refractivity contribution < 1.29 is 34.0 Å². The average molecular weight is 593 g/mol. The number of hydrogen-bond donors (Lipinski definition) is 1. The highest BCUT2D eigenvalue weighted by molar-refractivity contribution is 6.63. The Morgan fingerprint density at radius 2 is 1.13 bits per heavy atom. The van der Waals surface area contributed by atoms with E-state index in [0.717, 1.165) is 0 Å². The molecule has 210 valence electrons. The molecule has 2 aromatic heterocycles. The van der Waals surface area contributed by atoms with E-state index in [9.17, 15) is 9.59 Å². The number of hydrogen-bond acceptors (Lipinski definition) is 9. The van der Waals surface area contributed by atoms with Gasteiger partial charge in [-0.2, -0.15) is 0 Å². The van der Waals surface area contributed by atoms with Gasteiger partial charge in [0.25, 0.3) is 0 Å². The van der Waals surface area contributed by atoms with Gasteiger partial charge < -0.3 is 30.2 Å². The third-order valence-corrected chi connectivity index (χ3v) is 4.77. The van der Waals surface area contributed by atoms with Gasteiger partial charge in [-0.15, -0.1) is 0 Å². The maximum atomic E-state index is 12.2. The molecule has 10 nitrogen and oxygen atoms in total. The van der Waals surface area contributed by atoms with E-state index >= 15 is 0 Å². The summed E-state index contributed by atoms with van der Waals surface area (Å²) < 4.78 is 20.9. The van der Waals surface area contributed by atoms with E-state index in [1.807, 2.05) is 27.7 Å². The number of ether oxygens (including phenoxy) is 4. The molecule has 0 atom stereocenters. The molecule has 0 aliphatic heterocycles. The first-order valence-corrected chi connectivity index (χ1v) is 12.6. The Morgan fingerprint density at radius 3 is 1.42 bits per heavy atom. The highest BCUT2D eigenvalue weighted by atomic mass is 35.6. The summed E-state index contributed by atoms with van der Waals surface area (Å²) >= 11 is 14.4. The minimum atomic E-state index is -0.750. The van der Waals surface area contributed by atoms with Gasteiger partial charge in [-0.3, -0.25) is 0 Å². The van der Waals surface area contributed by atoms with E-state index in [0.29, 0.717) is 46.5 Å². The Labute approximate surface area is 235 Å². The van der Waals surface area contributed by atoms with Crippen LogP contribution in [-0.4, -0.2) is 59.1 Å². The fraction of sp³-hybridized carbons (Fsp3) is 0.440. The standard InChI is InChI=1S/C24H29N3O6.CHCl3.H2O/c1-12(2)10-32-18-8-16(23(28)30-5)26-21-14(18)7-15-19(33-11-13(3)4)9-17(24(29)31-6)27-22(15)20(21)25;2-1(3)4;/h7-9,12-13H,10-11,25H2,1-6H3;1H;1H2. The lowest BCUT2D eigenvalue weighted by Gasteiger charge is -2.17. The van der Waals surface area contributed by atoms with Gasteiger partial charge in [0.15, 0.2) is 15.7 Å². The monoisotopic (exact) mass is 591 g/mol. The highest BCUT2D eigenvalue weighted by Gasteiger charge is 2.21. The van der Waals surface area contributed by atoms with Gasteiger partial charge >= 0.3 is 11.9 Å². The van der Waals surface area contributed by atoms with Crippen LogP contribution in [0.15, 0.2) is 18.2 Å². The van der Waals surface area contributed by atoms with Gasteiger partial charge in [0, 0.05) is 22.9 Å². The Hall–Kier alpha value is -2.79. The quantitative estimate of drug-likeness (QED) is 0.161. The Balaban J connectivity index is 0.00000135. The number of anilines is 1. The number of benzene rings is 1. The van der Waals surface area contributed by atoms with E-state index in [2.05, 4.69) is 9.97 Å². The number of methoxy groups -OCH3 is 2. The van der Waals surface area contributed by atoms with Crippen LogP contribution < -0.4 is 15.2 Å². The van der Waals surface area contributed by atoms with Crippen molar-refractivity contribution in [3.05, 3.63) is 29.6 Å². The number of esters is 2. The molecule has 2 heterocycles. The summed E-state index contributed by atoms with van der Waals surface area (Å²) in [5.74, 6) is 0.138. The summed E-state index contributed by atoms with van der Waals surface area (Å²) in [6, 6.07) is 4.87. The lowest BCUT2D eigenvalue weighted by atomic mass is 10.1. The third-order valence-electron chi connectivity index (χ3n) is 4.77. The number of nitrogens with two attached hydrogens (primary N) is 1. The molecule has 0 unspecified atom stereocenters. The summed E-state index contributed by atoms with van der Waals surface area (Å²) in [6.45, 7) is 8.92. The molecule has 0 bridgehead atoms. The van der Waals surface area contributed by atoms with Crippen LogP contribution >= 0.6 is 34.8 Å². The van der Waals surface area contributed by atoms with Crippen LogP contribution in [0.3, 0.4) is 0 Å². The van der Waals surface area contributed by atoms with Gasteiger partial charge in [0.2, 0.25) is 0 Å². The molecule has 3 rings (SSSR count). The summed E-state index contributed by atoms with van der Waals surface area (Å²) in [6.07, 6.45) is 0. The van der Waals surface area contributed by atoms with Gasteiger partial charge in [-0.1, -0.05) is 62.5 Å². The van der Waals surface area contributed by atoms with Crippen molar-refractivity contribution >= 4 is 74.2 Å². The highest BCUT2D eigenvalue weighted by Crippen LogP contribution is 2.38. The molecule has 0 saturated carbocycles. The maximum absolute atomic E-state index is 12.2. The Morgan fingerprint density at radius 1 is 0.789 bits per heavy atom. The normalized spacial score (nSPS) is 10.7. The van der Waals surface area contributed by atoms with Crippen molar-refractivity contribution in [3.63, 3.8) is 0 Å². The van der Waals surface area contributed by atoms with Gasteiger partial charge in [0.1, 0.15) is 22.5 Å². The maximum Gasteiger partial charge on any atom is 0.356 e. The van der Waals surface area contributed by atoms with E-state index in [-0.39, 0.29) is 34.4 Å². The van der Waals surface area contributed by atoms with E-state index < -0.39 is 16.2 Å². The summed E-state index contributed by atoms with van der Waals surface area (Å²) in [5, 5.41) is 1.19. The summed E-state index contributed by atoms with van der Waals surface area (Å²) in [4.78, 5) is 33.3. The molecular weight excluding hydrogens is 561 g/mol. The molecule has 38 heavy (non-hydrogen) atoms. The smallest absolute Gasteiger partial charge is 0.356 e. The molecular formula is C25H32Cl3N3O7. The topological polar surface area (TPSA) is 154 Å². The molecule has 3 aromatic rings. The molecule has 0 saturated heterocycles. The molecule has 4 N–H and O–H groups in total. The zero-order valence-corrected chi connectivity index (χ0v) is 24.2. The number of pyridine rings is 2. The molecule has 0 radical (unpaired) electrons. The minimum absolute atomic E-state index is 0. The van der Waals surface area contributed by atoms with Crippen molar-refractivity contribution in [2.24, 2.45) is 11.8 Å². The number of nitrogens with zero attached hydrogens (tertiary/aromatic N) is 2. The van der Waals surface area contributed by atoms with Crippen LogP contribution in [0.5, 0.6) is 11.5 Å². The first-order valence-electron chi connectivity index (χ1n) is 11.3. The fourth-order valence-electron chi connectivity index (χ4n) is 3.18. The van der Waals surface area contributed by atoms with Crippen molar-refractivity contribution in [2.45, 2.75) is 32.0 Å². The van der Waals surface area contributed by atoms with Crippen LogP contribution in [0, 0.1) is 11.8 Å². The van der Waals surface area contributed by atoms with Crippen LogP contribution in [-0.2, 0) is 9.47 Å². The SMILES string of the molecule is COC(=O)c1cc(OCC(C)C)c2cc3c(OCC(C)C)cc(C(=O)OC)nc3c(N)c2n1.ClC(Cl)Cl.O. The predicted molar refractivity (Wildman–Crippen MR) is 150 cm³/mol. The van der Waals surface area contributed by atoms with Crippen LogP contribution in [0.2, 0.25) is 0 Å². The van der Waals surface area contributed by atoms with E-state index in [1.165, 1.54) is 26.4 Å². The molecule has 0 spiro atoms. The number of rotatable bonds is 8. The first-order chi connectivity index (χ1) is 17.4. The Kier molecular flexibility index (Phi) is 13.1. The van der Waals surface area contributed by atoms with Gasteiger partial charge in [-0.05, 0) is 17.9 Å². The number of carbonyl (C=O) groups is 2. The lowest BCUT2D eigenvalue weighted by Crippen LogP contribution is -2.11.